The molecule has 1 amide bonds. The zero-order valence-corrected chi connectivity index (χ0v) is 22.0. The van der Waals surface area contributed by atoms with Crippen molar-refractivity contribution in [2.45, 2.75) is 49.4 Å². The Kier molecular flexibility index (Phi) is 6.39. The van der Waals surface area contributed by atoms with Crippen LogP contribution in [0.2, 0.25) is 0 Å². The van der Waals surface area contributed by atoms with E-state index in [9.17, 15) is 14.7 Å². The van der Waals surface area contributed by atoms with Crippen LogP contribution in [0.5, 0.6) is 11.5 Å². The molecular formula is C30H30N4O4S. The van der Waals surface area contributed by atoms with Gasteiger partial charge in [-0.2, -0.15) is 0 Å². The lowest BCUT2D eigenvalue weighted by Crippen LogP contribution is -2.52. The van der Waals surface area contributed by atoms with Crippen LogP contribution in [0, 0.1) is 0 Å². The van der Waals surface area contributed by atoms with Crippen molar-refractivity contribution in [3.8, 4) is 11.5 Å². The number of hydrogen-bond acceptors (Lipinski definition) is 8. The first-order valence-electron chi connectivity index (χ1n) is 13.0. The smallest absolute Gasteiger partial charge is 0.261 e. The molecule has 0 radical (unpaired) electrons. The van der Waals surface area contributed by atoms with Gasteiger partial charge in [0.1, 0.15) is 17.0 Å². The summed E-state index contributed by atoms with van der Waals surface area (Å²) in [4.78, 5) is 27.8. The van der Waals surface area contributed by atoms with Gasteiger partial charge in [-0.3, -0.25) is 9.59 Å². The minimum absolute atomic E-state index is 0.142. The zero-order chi connectivity index (χ0) is 27.3. The third kappa shape index (κ3) is 4.28. The molecule has 1 heterocycles. The van der Waals surface area contributed by atoms with Crippen LogP contribution in [-0.4, -0.2) is 28.9 Å². The molecule has 0 spiro atoms. The monoisotopic (exact) mass is 542 g/mol. The molecule has 4 aromatic rings. The number of carbonyl (C=O) groups excluding carboxylic acids is 2. The molecule has 8 nitrogen and oxygen atoms in total. The molecule has 0 aliphatic heterocycles. The molecule has 4 atom stereocenters. The van der Waals surface area contributed by atoms with Gasteiger partial charge in [-0.05, 0) is 67.1 Å². The highest BCUT2D eigenvalue weighted by Gasteiger charge is 2.48. The first-order chi connectivity index (χ1) is 18.8. The molecule has 2 aliphatic carbocycles. The van der Waals surface area contributed by atoms with E-state index in [1.807, 2.05) is 30.3 Å². The van der Waals surface area contributed by atoms with E-state index < -0.39 is 23.5 Å². The average molecular weight is 543 g/mol. The molecule has 3 aromatic carbocycles. The van der Waals surface area contributed by atoms with Crippen LogP contribution in [0.25, 0.3) is 10.1 Å². The van der Waals surface area contributed by atoms with E-state index in [0.29, 0.717) is 55.3 Å². The highest BCUT2D eigenvalue weighted by Crippen LogP contribution is 2.49. The van der Waals surface area contributed by atoms with Gasteiger partial charge >= 0.3 is 0 Å². The Morgan fingerprint density at radius 2 is 1.74 bits per heavy atom. The number of Topliss-reactive ketones (excluding diaryl/α,β-unsaturated/α-hetero) is 1. The number of nitrogens with one attached hydrogen (secondary N) is 1. The van der Waals surface area contributed by atoms with E-state index in [2.05, 4.69) is 5.32 Å². The second-order valence-corrected chi connectivity index (χ2v) is 11.4. The van der Waals surface area contributed by atoms with Crippen LogP contribution in [0.15, 0.2) is 66.7 Å². The van der Waals surface area contributed by atoms with Crippen LogP contribution in [0.4, 0.5) is 5.69 Å². The second-order valence-electron chi connectivity index (χ2n) is 10.3. The molecule has 9 heteroatoms. The Labute approximate surface area is 229 Å². The Morgan fingerprint density at radius 1 is 1.03 bits per heavy atom. The first kappa shape index (κ1) is 25.5. The number of aliphatic hydroxyl groups is 1. The lowest BCUT2D eigenvalue weighted by Gasteiger charge is -2.36. The van der Waals surface area contributed by atoms with Crippen LogP contribution >= 0.6 is 11.3 Å². The van der Waals surface area contributed by atoms with Crippen molar-refractivity contribution in [2.24, 2.45) is 11.5 Å². The summed E-state index contributed by atoms with van der Waals surface area (Å²) in [6.07, 6.45) is 2.43. The molecule has 6 rings (SSSR count). The third-order valence-electron chi connectivity index (χ3n) is 7.79. The maximum Gasteiger partial charge on any atom is 0.261 e. The largest absolute Gasteiger partial charge is 0.457 e. The minimum Gasteiger partial charge on any atom is -0.457 e. The molecule has 2 unspecified atom stereocenters. The number of ether oxygens (including phenoxy) is 1. The van der Waals surface area contributed by atoms with Crippen LogP contribution in [0.3, 0.4) is 0 Å². The maximum absolute atomic E-state index is 13.9. The van der Waals surface area contributed by atoms with E-state index >= 15 is 0 Å². The van der Waals surface area contributed by atoms with Gasteiger partial charge in [0, 0.05) is 22.7 Å². The predicted octanol–water partition coefficient (Wildman–Crippen LogP) is 4.09. The topological polar surface area (TPSA) is 154 Å². The molecule has 1 fully saturated rings. The van der Waals surface area contributed by atoms with Crippen LogP contribution in [0.1, 0.15) is 58.1 Å². The van der Waals surface area contributed by atoms with Crippen LogP contribution < -0.4 is 27.3 Å². The van der Waals surface area contributed by atoms with Crippen molar-refractivity contribution < 1.29 is 19.4 Å². The SMILES string of the molecule is Nc1ccc2c3c(c(C(=O)N[C@H]4CCC[C@H](O)C4)sc13)C(N)C(=O)C2(N)c1ccc(Oc2ccccc2)cc1. The fourth-order valence-corrected chi connectivity index (χ4v) is 7.01. The molecule has 39 heavy (non-hydrogen) atoms. The average Bonchev–Trinajstić information content (AvgIpc) is 3.34. The molecular weight excluding hydrogens is 512 g/mol. The molecule has 0 saturated heterocycles. The summed E-state index contributed by atoms with van der Waals surface area (Å²) >= 11 is 1.22. The Balaban J connectivity index is 1.40. The Morgan fingerprint density at radius 3 is 2.46 bits per heavy atom. The summed E-state index contributed by atoms with van der Waals surface area (Å²) in [5.41, 5.74) is 20.4. The Bertz CT molecular complexity index is 1570. The predicted molar refractivity (Wildman–Crippen MR) is 152 cm³/mol. The normalized spacial score (nSPS) is 24.5. The molecule has 200 valence electrons. The van der Waals surface area contributed by atoms with E-state index in [1.165, 1.54) is 11.3 Å². The molecule has 1 aromatic heterocycles. The van der Waals surface area contributed by atoms with Crippen molar-refractivity contribution in [1.82, 2.24) is 5.32 Å². The van der Waals surface area contributed by atoms with Gasteiger partial charge in [0.15, 0.2) is 5.78 Å². The minimum atomic E-state index is -1.54. The molecule has 2 aliphatic rings. The van der Waals surface area contributed by atoms with Crippen LogP contribution in [-0.2, 0) is 10.3 Å². The fourth-order valence-electron chi connectivity index (χ4n) is 5.80. The summed E-state index contributed by atoms with van der Waals surface area (Å²) in [5.74, 6) is 0.580. The van der Waals surface area contributed by atoms with Gasteiger partial charge in [-0.15, -0.1) is 11.3 Å². The Hall–Kier alpha value is -3.76. The lowest BCUT2D eigenvalue weighted by molar-refractivity contribution is -0.124. The summed E-state index contributed by atoms with van der Waals surface area (Å²) in [7, 11) is 0. The first-order valence-corrected chi connectivity index (χ1v) is 13.9. The molecule has 0 bridgehead atoms. The second kappa shape index (κ2) is 9.77. The fraction of sp³-hybridized carbons (Fsp3) is 0.267. The number of para-hydroxylation sites is 1. The summed E-state index contributed by atoms with van der Waals surface area (Å²) in [5, 5.41) is 13.7. The van der Waals surface area contributed by atoms with E-state index in [4.69, 9.17) is 21.9 Å². The number of ketones is 1. The lowest BCUT2D eigenvalue weighted by atomic mass is 9.70. The number of anilines is 1. The third-order valence-corrected chi connectivity index (χ3v) is 9.04. The maximum atomic E-state index is 13.9. The van der Waals surface area contributed by atoms with Gasteiger partial charge in [0.25, 0.3) is 5.91 Å². The summed E-state index contributed by atoms with van der Waals surface area (Å²) < 4.78 is 6.58. The van der Waals surface area contributed by atoms with Crippen molar-refractivity contribution in [1.29, 1.82) is 0 Å². The summed E-state index contributed by atoms with van der Waals surface area (Å²) in [6.45, 7) is 0. The van der Waals surface area contributed by atoms with Gasteiger partial charge in [0.05, 0.1) is 21.7 Å². The van der Waals surface area contributed by atoms with Gasteiger partial charge in [0.2, 0.25) is 0 Å². The van der Waals surface area contributed by atoms with E-state index in [0.717, 1.165) is 19.3 Å². The number of amides is 1. The number of carbonyl (C=O) groups is 2. The number of aliphatic hydroxyl groups excluding tert-OH is 1. The molecule has 1 saturated carbocycles. The number of nitrogen functional groups attached to an aromatic ring is 1. The number of thiophene rings is 1. The molecule has 8 N–H and O–H groups in total. The van der Waals surface area contributed by atoms with E-state index in [1.54, 1.807) is 36.4 Å². The van der Waals surface area contributed by atoms with Crippen molar-refractivity contribution in [3.05, 3.63) is 88.3 Å². The number of rotatable bonds is 5. The summed E-state index contributed by atoms with van der Waals surface area (Å²) in [6, 6.07) is 18.7. The zero-order valence-electron chi connectivity index (χ0n) is 21.2. The van der Waals surface area contributed by atoms with Gasteiger partial charge in [-0.25, -0.2) is 0 Å². The number of benzene rings is 3. The van der Waals surface area contributed by atoms with Crippen molar-refractivity contribution >= 4 is 38.8 Å². The highest BCUT2D eigenvalue weighted by molar-refractivity contribution is 7.21. The quantitative estimate of drug-likeness (QED) is 0.238. The van der Waals surface area contributed by atoms with Crippen molar-refractivity contribution in [3.63, 3.8) is 0 Å². The van der Waals surface area contributed by atoms with Gasteiger partial charge in [-0.1, -0.05) is 36.4 Å². The number of hydrogen-bond donors (Lipinski definition) is 5. The van der Waals surface area contributed by atoms with E-state index in [-0.39, 0.29) is 11.9 Å². The van der Waals surface area contributed by atoms with Crippen molar-refractivity contribution in [2.75, 3.05) is 5.73 Å². The highest BCUT2D eigenvalue weighted by atomic mass is 32.1. The van der Waals surface area contributed by atoms with Gasteiger partial charge < -0.3 is 32.4 Å². The number of nitrogens with two attached hydrogens (primary N) is 3. The standard InChI is InChI=1S/C30H30N4O4S/c31-22-14-13-21-23-24(27(39-26(22)23)29(37)34-17-5-4-6-18(35)15-17)25(32)28(36)30(21,33)16-9-11-20(12-10-16)38-19-7-2-1-3-8-19/h1-3,7-14,17-18,25,35H,4-6,15,31-33H2,(H,34,37)/t17-,18-,25?,30?/m0/s1.